The molecule has 5 aromatic rings. The first-order chi connectivity index (χ1) is 19.0. The first-order valence-corrected chi connectivity index (χ1v) is 13.7. The second-order valence-electron chi connectivity index (χ2n) is 10.4. The predicted octanol–water partition coefficient (Wildman–Crippen LogP) is 10.9. The molecule has 0 saturated heterocycles. The van der Waals surface area contributed by atoms with Crippen LogP contribution in [0.4, 0.5) is 28.4 Å². The maximum Gasteiger partial charge on any atom is 0.131 e. The summed E-state index contributed by atoms with van der Waals surface area (Å²) in [5.74, 6) is 2.30. The maximum atomic E-state index is 6.41. The van der Waals surface area contributed by atoms with Crippen molar-refractivity contribution in [2.24, 2.45) is 0 Å². The lowest BCUT2D eigenvalue weighted by molar-refractivity contribution is 0.483. The van der Waals surface area contributed by atoms with Gasteiger partial charge in [0.1, 0.15) is 11.5 Å². The Morgan fingerprint density at radius 3 is 1.59 bits per heavy atom. The molecule has 39 heavy (non-hydrogen) atoms. The number of anilines is 5. The third-order valence-corrected chi connectivity index (χ3v) is 6.79. The van der Waals surface area contributed by atoms with Crippen LogP contribution >= 0.6 is 0 Å². The molecule has 0 fully saturated rings. The van der Waals surface area contributed by atoms with Gasteiger partial charge < -0.3 is 15.0 Å². The van der Waals surface area contributed by atoms with Crippen LogP contribution in [0, 0.1) is 0 Å². The van der Waals surface area contributed by atoms with Crippen LogP contribution in [0.25, 0.3) is 0 Å². The standard InChI is InChI=1S/C36H36N2O/c1-26(2)33-19-11-13-21-35(33)38(36-22-14-12-20-34(36)27(3)4)30-23-29(37-28-15-7-5-8-16-28)24-32(25-30)39-31-17-9-6-10-18-31/h5-27,37H,1-4H3. The Labute approximate surface area is 232 Å². The Kier molecular flexibility index (Phi) is 7.98. The number of rotatable bonds is 9. The molecule has 0 aliphatic heterocycles. The van der Waals surface area contributed by atoms with Crippen molar-refractivity contribution in [1.29, 1.82) is 0 Å². The van der Waals surface area contributed by atoms with E-state index in [0.717, 1.165) is 28.6 Å². The number of para-hydroxylation sites is 4. The second kappa shape index (κ2) is 11.9. The SMILES string of the molecule is CC(C)c1ccccc1N(c1cc(Nc2ccccc2)cc(Oc2ccccc2)c1)c1ccccc1C(C)C. The summed E-state index contributed by atoms with van der Waals surface area (Å²) in [6.45, 7) is 9.01. The Morgan fingerprint density at radius 1 is 0.513 bits per heavy atom. The van der Waals surface area contributed by atoms with E-state index in [1.807, 2.05) is 48.5 Å². The van der Waals surface area contributed by atoms with Crippen LogP contribution < -0.4 is 15.0 Å². The zero-order valence-electron chi connectivity index (χ0n) is 23.1. The fourth-order valence-corrected chi connectivity index (χ4v) is 4.92. The number of ether oxygens (including phenoxy) is 1. The van der Waals surface area contributed by atoms with Crippen molar-refractivity contribution >= 4 is 28.4 Å². The van der Waals surface area contributed by atoms with Crippen molar-refractivity contribution in [3.05, 3.63) is 139 Å². The van der Waals surface area contributed by atoms with Crippen molar-refractivity contribution in [3.8, 4) is 11.5 Å². The Balaban J connectivity index is 1.72. The normalized spacial score (nSPS) is 11.0. The molecule has 0 aliphatic carbocycles. The summed E-state index contributed by atoms with van der Waals surface area (Å²) in [6.07, 6.45) is 0. The van der Waals surface area contributed by atoms with E-state index < -0.39 is 0 Å². The largest absolute Gasteiger partial charge is 0.457 e. The van der Waals surface area contributed by atoms with E-state index in [2.05, 4.69) is 117 Å². The van der Waals surface area contributed by atoms with Gasteiger partial charge in [-0.1, -0.05) is 100 Å². The fraction of sp³-hybridized carbons (Fsp3) is 0.167. The van der Waals surface area contributed by atoms with Gasteiger partial charge in [0, 0.05) is 34.9 Å². The maximum absolute atomic E-state index is 6.41. The van der Waals surface area contributed by atoms with E-state index in [1.54, 1.807) is 0 Å². The summed E-state index contributed by atoms with van der Waals surface area (Å²) in [7, 11) is 0. The second-order valence-corrected chi connectivity index (χ2v) is 10.4. The molecule has 0 unspecified atom stereocenters. The van der Waals surface area contributed by atoms with Crippen LogP contribution in [-0.2, 0) is 0 Å². The Morgan fingerprint density at radius 2 is 1.03 bits per heavy atom. The zero-order valence-corrected chi connectivity index (χ0v) is 23.1. The number of hydrogen-bond acceptors (Lipinski definition) is 3. The summed E-state index contributed by atoms with van der Waals surface area (Å²) < 4.78 is 6.41. The van der Waals surface area contributed by atoms with Gasteiger partial charge >= 0.3 is 0 Å². The number of hydrogen-bond donors (Lipinski definition) is 1. The van der Waals surface area contributed by atoms with Crippen molar-refractivity contribution in [3.63, 3.8) is 0 Å². The lowest BCUT2D eigenvalue weighted by Crippen LogP contribution is -2.15. The Bertz CT molecular complexity index is 1400. The fourth-order valence-electron chi connectivity index (χ4n) is 4.92. The topological polar surface area (TPSA) is 24.5 Å². The van der Waals surface area contributed by atoms with E-state index in [9.17, 15) is 0 Å². The first-order valence-electron chi connectivity index (χ1n) is 13.7. The summed E-state index contributed by atoms with van der Waals surface area (Å²) in [5.41, 5.74) is 7.94. The predicted molar refractivity (Wildman–Crippen MR) is 166 cm³/mol. The molecule has 1 N–H and O–H groups in total. The summed E-state index contributed by atoms with van der Waals surface area (Å²) in [5, 5.41) is 3.60. The van der Waals surface area contributed by atoms with Crippen molar-refractivity contribution < 1.29 is 4.74 Å². The number of nitrogens with one attached hydrogen (secondary N) is 1. The van der Waals surface area contributed by atoms with Crippen molar-refractivity contribution in [2.75, 3.05) is 10.2 Å². The highest BCUT2D eigenvalue weighted by atomic mass is 16.5. The summed E-state index contributed by atoms with van der Waals surface area (Å²) in [4.78, 5) is 2.39. The molecule has 0 aromatic heterocycles. The molecule has 0 aliphatic rings. The van der Waals surface area contributed by atoms with Gasteiger partial charge in [-0.15, -0.1) is 0 Å². The van der Waals surface area contributed by atoms with Crippen molar-refractivity contribution in [1.82, 2.24) is 0 Å². The van der Waals surface area contributed by atoms with E-state index in [-0.39, 0.29) is 0 Å². The smallest absolute Gasteiger partial charge is 0.131 e. The lowest BCUT2D eigenvalue weighted by atomic mass is 9.96. The monoisotopic (exact) mass is 512 g/mol. The Hall–Kier alpha value is -4.50. The molecule has 0 amide bonds. The van der Waals surface area contributed by atoms with Crippen LogP contribution in [0.2, 0.25) is 0 Å². The first kappa shape index (κ1) is 26.1. The molecule has 5 rings (SSSR count). The van der Waals surface area contributed by atoms with Crippen LogP contribution in [0.15, 0.2) is 127 Å². The van der Waals surface area contributed by atoms with Crippen LogP contribution in [0.1, 0.15) is 50.7 Å². The molecular weight excluding hydrogens is 476 g/mol. The highest BCUT2D eigenvalue weighted by Crippen LogP contribution is 2.44. The average molecular weight is 513 g/mol. The van der Waals surface area contributed by atoms with Gasteiger partial charge in [-0.2, -0.15) is 0 Å². The third-order valence-electron chi connectivity index (χ3n) is 6.79. The summed E-state index contributed by atoms with van der Waals surface area (Å²) in [6, 6.07) is 44.0. The number of nitrogens with zero attached hydrogens (tertiary/aromatic N) is 1. The van der Waals surface area contributed by atoms with Gasteiger partial charge in [-0.25, -0.2) is 0 Å². The molecule has 3 heteroatoms. The van der Waals surface area contributed by atoms with Crippen molar-refractivity contribution in [2.45, 2.75) is 39.5 Å². The van der Waals surface area contributed by atoms with E-state index in [0.29, 0.717) is 11.8 Å². The molecule has 0 radical (unpaired) electrons. The average Bonchev–Trinajstić information content (AvgIpc) is 2.95. The molecule has 0 atom stereocenters. The molecule has 0 heterocycles. The number of benzene rings is 5. The zero-order chi connectivity index (χ0) is 27.2. The highest BCUT2D eigenvalue weighted by Gasteiger charge is 2.22. The van der Waals surface area contributed by atoms with Gasteiger partial charge in [0.2, 0.25) is 0 Å². The van der Waals surface area contributed by atoms with E-state index in [4.69, 9.17) is 4.74 Å². The van der Waals surface area contributed by atoms with Crippen LogP contribution in [0.3, 0.4) is 0 Å². The van der Waals surface area contributed by atoms with Gasteiger partial charge in [-0.3, -0.25) is 0 Å². The minimum atomic E-state index is 0.362. The quantitative estimate of drug-likeness (QED) is 0.212. The highest BCUT2D eigenvalue weighted by molar-refractivity contribution is 5.83. The molecular formula is C36H36N2O. The van der Waals surface area contributed by atoms with Gasteiger partial charge in [0.15, 0.2) is 0 Å². The summed E-state index contributed by atoms with van der Waals surface area (Å²) >= 11 is 0. The van der Waals surface area contributed by atoms with E-state index >= 15 is 0 Å². The molecule has 3 nitrogen and oxygen atoms in total. The molecule has 5 aromatic carbocycles. The van der Waals surface area contributed by atoms with E-state index in [1.165, 1.54) is 22.5 Å². The van der Waals surface area contributed by atoms with Gasteiger partial charge in [0.25, 0.3) is 0 Å². The van der Waals surface area contributed by atoms with Crippen LogP contribution in [-0.4, -0.2) is 0 Å². The minimum absolute atomic E-state index is 0.362. The molecule has 196 valence electrons. The lowest BCUT2D eigenvalue weighted by Gasteiger charge is -2.32. The minimum Gasteiger partial charge on any atom is -0.457 e. The van der Waals surface area contributed by atoms with Gasteiger partial charge in [0.05, 0.1) is 5.69 Å². The molecule has 0 bridgehead atoms. The molecule has 0 saturated carbocycles. The van der Waals surface area contributed by atoms with Gasteiger partial charge in [-0.05, 0) is 65.4 Å². The molecule has 0 spiro atoms. The van der Waals surface area contributed by atoms with Crippen LogP contribution in [0.5, 0.6) is 11.5 Å². The third kappa shape index (κ3) is 6.15.